The van der Waals surface area contributed by atoms with Crippen LogP contribution in [0.15, 0.2) is 53.2 Å². The third-order valence-corrected chi connectivity index (χ3v) is 3.97. The van der Waals surface area contributed by atoms with Crippen molar-refractivity contribution in [2.45, 2.75) is 13.1 Å². The smallest absolute Gasteiger partial charge is 0.316 e. The minimum Gasteiger partial charge on any atom is -0.316 e. The van der Waals surface area contributed by atoms with Gasteiger partial charge in [0.2, 0.25) is 0 Å². The van der Waals surface area contributed by atoms with Crippen LogP contribution in [0.1, 0.15) is 18.1 Å². The molecule has 1 N–H and O–H groups in total. The van der Waals surface area contributed by atoms with Crippen molar-refractivity contribution in [2.75, 3.05) is 5.32 Å². The van der Waals surface area contributed by atoms with E-state index in [9.17, 15) is 26.7 Å². The van der Waals surface area contributed by atoms with E-state index in [4.69, 9.17) is 0 Å². The van der Waals surface area contributed by atoms with Crippen LogP contribution in [0.25, 0.3) is 4.91 Å². The summed E-state index contributed by atoms with van der Waals surface area (Å²) in [5, 5.41) is 2.01. The number of thiol groups is 1. The van der Waals surface area contributed by atoms with Crippen LogP contribution < -0.4 is 5.32 Å². The van der Waals surface area contributed by atoms with Crippen molar-refractivity contribution in [3.63, 3.8) is 0 Å². The number of aliphatic imine (C=N–C) groups is 1. The van der Waals surface area contributed by atoms with Crippen LogP contribution in [0.3, 0.4) is 0 Å². The Morgan fingerprint density at radius 3 is 2.30 bits per heavy atom. The number of carbonyl (C=O) groups is 1. The van der Waals surface area contributed by atoms with Gasteiger partial charge in [0.05, 0.1) is 17.5 Å². The molecule has 0 aliphatic rings. The average Bonchev–Trinajstić information content (AvgIpc) is 2.61. The number of benzene rings is 2. The second-order valence-corrected chi connectivity index (χ2v) is 5.80. The van der Waals surface area contributed by atoms with Gasteiger partial charge in [-0.2, -0.15) is 13.2 Å². The van der Waals surface area contributed by atoms with Crippen molar-refractivity contribution in [1.29, 1.82) is 0 Å². The minimum atomic E-state index is -4.51. The predicted octanol–water partition coefficient (Wildman–Crippen LogP) is 5.31. The topological polar surface area (TPSA) is 41.5 Å². The SMILES string of the molecule is C/C(N=CC(=O)Nc1c(F)cccc1F)=C(/S)c1cccc(C(F)(F)F)c1. The van der Waals surface area contributed by atoms with E-state index in [-0.39, 0.29) is 16.2 Å². The fourth-order valence-electron chi connectivity index (χ4n) is 2.04. The van der Waals surface area contributed by atoms with Gasteiger partial charge in [0.15, 0.2) is 0 Å². The van der Waals surface area contributed by atoms with Gasteiger partial charge in [-0.3, -0.25) is 9.79 Å². The van der Waals surface area contributed by atoms with Crippen LogP contribution in [-0.4, -0.2) is 12.1 Å². The lowest BCUT2D eigenvalue weighted by atomic mass is 10.1. The molecule has 0 saturated heterocycles. The van der Waals surface area contributed by atoms with Crippen LogP contribution in [0.5, 0.6) is 0 Å². The quantitative estimate of drug-likeness (QED) is 0.408. The fraction of sp³-hybridized carbons (Fsp3) is 0.111. The maximum Gasteiger partial charge on any atom is 0.416 e. The van der Waals surface area contributed by atoms with Gasteiger partial charge in [0, 0.05) is 4.91 Å². The molecule has 2 aromatic carbocycles. The van der Waals surface area contributed by atoms with Crippen molar-refractivity contribution in [1.82, 2.24) is 0 Å². The van der Waals surface area contributed by atoms with Crippen molar-refractivity contribution in [2.24, 2.45) is 4.99 Å². The number of rotatable bonds is 4. The number of carbonyl (C=O) groups excluding carboxylic acids is 1. The van der Waals surface area contributed by atoms with E-state index in [0.717, 1.165) is 36.5 Å². The molecule has 1 amide bonds. The highest BCUT2D eigenvalue weighted by molar-refractivity contribution is 7.90. The number of nitrogens with one attached hydrogen (secondary N) is 1. The van der Waals surface area contributed by atoms with E-state index in [2.05, 4.69) is 17.6 Å². The zero-order valence-electron chi connectivity index (χ0n) is 13.8. The summed E-state index contributed by atoms with van der Waals surface area (Å²) in [4.78, 5) is 15.7. The maximum atomic E-state index is 13.5. The van der Waals surface area contributed by atoms with Gasteiger partial charge in [-0.15, -0.1) is 12.6 Å². The summed E-state index contributed by atoms with van der Waals surface area (Å²) in [5.41, 5.74) is -1.18. The second-order valence-electron chi connectivity index (χ2n) is 5.36. The molecule has 27 heavy (non-hydrogen) atoms. The molecule has 0 saturated carbocycles. The first-order valence-electron chi connectivity index (χ1n) is 7.46. The lowest BCUT2D eigenvalue weighted by molar-refractivity contribution is -0.137. The molecule has 0 bridgehead atoms. The zero-order chi connectivity index (χ0) is 20.2. The molecule has 0 atom stereocenters. The molecular formula is C18H13F5N2OS. The maximum absolute atomic E-state index is 13.5. The van der Waals surface area contributed by atoms with Crippen molar-refractivity contribution in [3.05, 3.63) is 70.9 Å². The number of para-hydroxylation sites is 1. The van der Waals surface area contributed by atoms with E-state index < -0.39 is 35.0 Å². The standard InChI is InChI=1S/C18H13F5N2OS/c1-10(17(27)11-4-2-5-12(8-11)18(21,22)23)24-9-15(26)25-16-13(19)6-3-7-14(16)20/h2-9,27H,1H3,(H,25,26)/b17-10-,24-9?. The van der Waals surface area contributed by atoms with Gasteiger partial charge in [-0.05, 0) is 36.8 Å². The first-order chi connectivity index (χ1) is 12.6. The van der Waals surface area contributed by atoms with Gasteiger partial charge in [-0.1, -0.05) is 18.2 Å². The summed E-state index contributed by atoms with van der Waals surface area (Å²) < 4.78 is 65.3. The first kappa shape index (κ1) is 20.6. The molecule has 0 heterocycles. The first-order valence-corrected chi connectivity index (χ1v) is 7.91. The summed E-state index contributed by atoms with van der Waals surface area (Å²) in [5.74, 6) is -2.82. The molecule has 0 unspecified atom stereocenters. The van der Waals surface area contributed by atoms with E-state index in [1.165, 1.54) is 19.1 Å². The van der Waals surface area contributed by atoms with Crippen LogP contribution in [0.2, 0.25) is 0 Å². The van der Waals surface area contributed by atoms with Gasteiger partial charge in [0.25, 0.3) is 5.91 Å². The third-order valence-electron chi connectivity index (χ3n) is 3.39. The summed E-state index contributed by atoms with van der Waals surface area (Å²) >= 11 is 4.14. The summed E-state index contributed by atoms with van der Waals surface area (Å²) in [6.45, 7) is 1.43. The van der Waals surface area contributed by atoms with Crippen molar-refractivity contribution < 1.29 is 26.7 Å². The molecule has 0 aromatic heterocycles. The Morgan fingerprint density at radius 2 is 1.70 bits per heavy atom. The average molecular weight is 400 g/mol. The van der Waals surface area contributed by atoms with Crippen LogP contribution in [0, 0.1) is 11.6 Å². The Kier molecular flexibility index (Phi) is 6.37. The number of nitrogens with zero attached hydrogens (tertiary/aromatic N) is 1. The minimum absolute atomic E-state index is 0.113. The van der Waals surface area contributed by atoms with Gasteiger partial charge in [0.1, 0.15) is 17.3 Å². The molecule has 0 fully saturated rings. The van der Waals surface area contributed by atoms with Gasteiger partial charge >= 0.3 is 6.18 Å². The Balaban J connectivity index is 2.19. The highest BCUT2D eigenvalue weighted by atomic mass is 32.1. The number of alkyl halides is 3. The number of amides is 1. The molecule has 2 aromatic rings. The lowest BCUT2D eigenvalue weighted by Gasteiger charge is -2.09. The number of hydrogen-bond donors (Lipinski definition) is 2. The highest BCUT2D eigenvalue weighted by Crippen LogP contribution is 2.32. The fourth-order valence-corrected chi connectivity index (χ4v) is 2.24. The van der Waals surface area contributed by atoms with Gasteiger partial charge in [-0.25, -0.2) is 8.78 Å². The molecule has 9 heteroatoms. The number of halogens is 5. The Labute approximate surface area is 157 Å². The van der Waals surface area contributed by atoms with Crippen molar-refractivity contribution in [3.8, 4) is 0 Å². The van der Waals surface area contributed by atoms with E-state index >= 15 is 0 Å². The third kappa shape index (κ3) is 5.40. The molecule has 3 nitrogen and oxygen atoms in total. The Bertz CT molecular complexity index is 902. The molecule has 2 rings (SSSR count). The van der Waals surface area contributed by atoms with Crippen molar-refractivity contribution >= 4 is 35.3 Å². The van der Waals surface area contributed by atoms with Crippen LogP contribution in [0.4, 0.5) is 27.6 Å². The Hall–Kier alpha value is -2.68. The molecular weight excluding hydrogens is 387 g/mol. The molecule has 0 aliphatic heterocycles. The Morgan fingerprint density at radius 1 is 1.11 bits per heavy atom. The predicted molar refractivity (Wildman–Crippen MR) is 96.5 cm³/mol. The molecule has 0 aliphatic carbocycles. The van der Waals surface area contributed by atoms with E-state index in [1.807, 2.05) is 5.32 Å². The second kappa shape index (κ2) is 8.34. The normalized spacial score (nSPS) is 12.9. The number of allylic oxidation sites excluding steroid dienone is 1. The molecule has 142 valence electrons. The monoisotopic (exact) mass is 400 g/mol. The van der Waals surface area contributed by atoms with Gasteiger partial charge < -0.3 is 5.32 Å². The van der Waals surface area contributed by atoms with E-state index in [0.29, 0.717) is 0 Å². The molecule has 0 radical (unpaired) electrons. The summed E-state index contributed by atoms with van der Waals surface area (Å²) in [6, 6.07) is 7.53. The van der Waals surface area contributed by atoms with E-state index in [1.54, 1.807) is 0 Å². The molecule has 0 spiro atoms. The van der Waals surface area contributed by atoms with Crippen LogP contribution in [-0.2, 0) is 11.0 Å². The number of anilines is 1. The largest absolute Gasteiger partial charge is 0.416 e. The lowest BCUT2D eigenvalue weighted by Crippen LogP contribution is -2.15. The zero-order valence-corrected chi connectivity index (χ0v) is 14.7. The summed E-state index contributed by atoms with van der Waals surface area (Å²) in [6.07, 6.45) is -3.75. The highest BCUT2D eigenvalue weighted by Gasteiger charge is 2.30. The van der Waals surface area contributed by atoms with Crippen LogP contribution >= 0.6 is 12.6 Å². The number of hydrogen-bond acceptors (Lipinski definition) is 3. The summed E-state index contributed by atoms with van der Waals surface area (Å²) in [7, 11) is 0.